The van der Waals surface area contributed by atoms with E-state index in [9.17, 15) is 9.90 Å². The summed E-state index contributed by atoms with van der Waals surface area (Å²) in [5, 5.41) is 13.9. The lowest BCUT2D eigenvalue weighted by Gasteiger charge is -2.53. The van der Waals surface area contributed by atoms with Crippen LogP contribution in [0.5, 0.6) is 5.75 Å². The van der Waals surface area contributed by atoms with Crippen LogP contribution < -0.4 is 4.74 Å². The molecular formula is C38H38N2O3. The molecular weight excluding hydrogens is 532 g/mol. The minimum atomic E-state index is -1.14. The predicted molar refractivity (Wildman–Crippen MR) is 170 cm³/mol. The summed E-state index contributed by atoms with van der Waals surface area (Å²) in [6.07, 6.45) is 3.72. The lowest BCUT2D eigenvalue weighted by molar-refractivity contribution is -0.130. The molecule has 1 amide bonds. The highest BCUT2D eigenvalue weighted by molar-refractivity contribution is 5.89. The zero-order valence-corrected chi connectivity index (χ0v) is 24.8. The van der Waals surface area contributed by atoms with Gasteiger partial charge < -0.3 is 19.3 Å². The summed E-state index contributed by atoms with van der Waals surface area (Å²) in [5.74, 6) is 0.603. The summed E-state index contributed by atoms with van der Waals surface area (Å²) in [7, 11) is 3.69. The topological polar surface area (TPSA) is 54.7 Å². The van der Waals surface area contributed by atoms with Crippen molar-refractivity contribution in [1.82, 2.24) is 9.47 Å². The van der Waals surface area contributed by atoms with E-state index in [1.807, 2.05) is 48.3 Å². The number of hydrogen-bond acceptors (Lipinski definition) is 3. The molecule has 2 fully saturated rings. The second-order valence-corrected chi connectivity index (χ2v) is 12.3. The van der Waals surface area contributed by atoms with Crippen LogP contribution in [0.3, 0.4) is 0 Å². The minimum absolute atomic E-state index is 0.00238. The Labute approximate surface area is 253 Å². The van der Waals surface area contributed by atoms with Crippen molar-refractivity contribution in [2.24, 2.45) is 18.9 Å². The molecule has 0 radical (unpaired) electrons. The maximum Gasteiger partial charge on any atom is 0.227 e. The van der Waals surface area contributed by atoms with Crippen LogP contribution in [0.25, 0.3) is 10.9 Å². The first kappa shape index (κ1) is 27.5. The number of methoxy groups -OCH3 is 1. The van der Waals surface area contributed by atoms with E-state index in [-0.39, 0.29) is 23.2 Å². The highest BCUT2D eigenvalue weighted by Crippen LogP contribution is 2.60. The summed E-state index contributed by atoms with van der Waals surface area (Å²) in [5.41, 5.74) is 3.96. The molecule has 5 heteroatoms. The molecule has 0 bridgehead atoms. The fourth-order valence-corrected chi connectivity index (χ4v) is 8.28. The highest BCUT2D eigenvalue weighted by atomic mass is 16.5. The van der Waals surface area contributed by atoms with Crippen molar-refractivity contribution in [1.29, 1.82) is 0 Å². The van der Waals surface area contributed by atoms with Gasteiger partial charge in [0.05, 0.1) is 19.1 Å². The zero-order valence-electron chi connectivity index (χ0n) is 24.8. The highest BCUT2D eigenvalue weighted by Gasteiger charge is 2.61. The molecule has 1 aliphatic heterocycles. The lowest BCUT2D eigenvalue weighted by atomic mass is 9.52. The van der Waals surface area contributed by atoms with Crippen LogP contribution in [0.15, 0.2) is 115 Å². The maximum absolute atomic E-state index is 14.2. The molecule has 5 aromatic rings. The smallest absolute Gasteiger partial charge is 0.227 e. The Balaban J connectivity index is 1.34. The molecule has 218 valence electrons. The van der Waals surface area contributed by atoms with Crippen LogP contribution >= 0.6 is 0 Å². The Hall–Kier alpha value is -4.35. The molecule has 7 rings (SSSR count). The third-order valence-corrected chi connectivity index (χ3v) is 10.3. The minimum Gasteiger partial charge on any atom is -0.496 e. The van der Waals surface area contributed by atoms with Crippen molar-refractivity contribution >= 4 is 16.8 Å². The van der Waals surface area contributed by atoms with Gasteiger partial charge in [-0.15, -0.1) is 0 Å². The molecule has 2 heterocycles. The number of aromatic nitrogens is 1. The molecule has 0 unspecified atom stereocenters. The van der Waals surface area contributed by atoms with Crippen molar-refractivity contribution in [2.75, 3.05) is 20.2 Å². The van der Waals surface area contributed by atoms with Gasteiger partial charge in [-0.3, -0.25) is 4.79 Å². The Morgan fingerprint density at radius 1 is 0.814 bits per heavy atom. The largest absolute Gasteiger partial charge is 0.496 e. The molecule has 4 aromatic carbocycles. The molecule has 5 nitrogen and oxygen atoms in total. The number of hydrogen-bond donors (Lipinski definition) is 1. The normalized spacial score (nSPS) is 22.8. The SMILES string of the molecule is COc1ccccc1[C@]1(O)CCC(c2ccccc2)(c2ccccc2)[C@H]2CN(C(=O)Cc3cn(C)c4ccccc34)C[C@H]21. The summed E-state index contributed by atoms with van der Waals surface area (Å²) in [6, 6.07) is 37.5. The summed E-state index contributed by atoms with van der Waals surface area (Å²) >= 11 is 0. The van der Waals surface area contributed by atoms with E-state index in [4.69, 9.17) is 4.74 Å². The Morgan fingerprint density at radius 3 is 2.12 bits per heavy atom. The second kappa shape index (κ2) is 10.7. The predicted octanol–water partition coefficient (Wildman–Crippen LogP) is 6.47. The van der Waals surface area contributed by atoms with Gasteiger partial charge in [-0.1, -0.05) is 97.1 Å². The summed E-state index contributed by atoms with van der Waals surface area (Å²) < 4.78 is 7.88. The number of fused-ring (bicyclic) bond motifs is 2. The average molecular weight is 571 g/mol. The number of ether oxygens (including phenoxy) is 1. The van der Waals surface area contributed by atoms with Gasteiger partial charge in [-0.2, -0.15) is 0 Å². The van der Waals surface area contributed by atoms with Crippen molar-refractivity contribution in [3.8, 4) is 5.75 Å². The van der Waals surface area contributed by atoms with Crippen LogP contribution in [-0.2, 0) is 29.3 Å². The van der Waals surface area contributed by atoms with Crippen molar-refractivity contribution in [2.45, 2.75) is 30.3 Å². The monoisotopic (exact) mass is 570 g/mol. The lowest BCUT2D eigenvalue weighted by Crippen LogP contribution is -2.53. The number of benzene rings is 4. The van der Waals surface area contributed by atoms with E-state index < -0.39 is 5.60 Å². The molecule has 2 aliphatic rings. The number of aliphatic hydroxyl groups is 1. The Bertz CT molecular complexity index is 1720. The van der Waals surface area contributed by atoms with E-state index in [2.05, 4.69) is 83.6 Å². The van der Waals surface area contributed by atoms with E-state index in [1.165, 1.54) is 11.1 Å². The standard InChI is InChI=1S/C38H38N2O3/c1-39-24-27(30-17-9-11-19-34(30)39)23-36(41)40-25-32-33(26-40)38(42,31-18-10-12-20-35(31)43-2)22-21-37(32,28-13-5-3-6-14-28)29-15-7-4-8-16-29/h3-20,24,32-33,42H,21-23,25-26H2,1-2H3/t32-,33+,38+/m0/s1. The number of nitrogens with zero attached hydrogens (tertiary/aromatic N) is 2. The van der Waals surface area contributed by atoms with Gasteiger partial charge in [0.15, 0.2) is 0 Å². The Kier molecular flexibility index (Phi) is 6.86. The average Bonchev–Trinajstić information content (AvgIpc) is 3.65. The fourth-order valence-electron chi connectivity index (χ4n) is 8.28. The van der Waals surface area contributed by atoms with Gasteiger partial charge in [0.2, 0.25) is 5.91 Å². The van der Waals surface area contributed by atoms with E-state index in [1.54, 1.807) is 7.11 Å². The number of carbonyl (C=O) groups excluding carboxylic acids is 1. The van der Waals surface area contributed by atoms with E-state index >= 15 is 0 Å². The van der Waals surface area contributed by atoms with Crippen molar-refractivity contribution < 1.29 is 14.6 Å². The molecule has 0 spiro atoms. The molecule has 1 aromatic heterocycles. The van der Waals surface area contributed by atoms with Crippen LogP contribution in [0.2, 0.25) is 0 Å². The van der Waals surface area contributed by atoms with Crippen LogP contribution in [0.4, 0.5) is 0 Å². The first-order chi connectivity index (χ1) is 21.0. The number of amides is 1. The number of carbonyl (C=O) groups is 1. The summed E-state index contributed by atoms with van der Waals surface area (Å²) in [6.45, 7) is 1.07. The molecule has 1 N–H and O–H groups in total. The van der Waals surface area contributed by atoms with Gasteiger partial charge in [0, 0.05) is 54.1 Å². The number of likely N-dealkylation sites (tertiary alicyclic amines) is 1. The van der Waals surface area contributed by atoms with Gasteiger partial charge >= 0.3 is 0 Å². The van der Waals surface area contributed by atoms with Crippen LogP contribution in [0.1, 0.15) is 35.1 Å². The molecule has 1 aliphatic carbocycles. The maximum atomic E-state index is 14.2. The Morgan fingerprint density at radius 2 is 1.42 bits per heavy atom. The zero-order chi connectivity index (χ0) is 29.6. The molecule has 1 saturated heterocycles. The third kappa shape index (κ3) is 4.37. The van der Waals surface area contributed by atoms with Gasteiger partial charge in [0.1, 0.15) is 5.75 Å². The fraction of sp³-hybridized carbons (Fsp3) is 0.289. The van der Waals surface area contributed by atoms with Crippen molar-refractivity contribution in [3.63, 3.8) is 0 Å². The third-order valence-electron chi connectivity index (χ3n) is 10.3. The summed E-state index contributed by atoms with van der Waals surface area (Å²) in [4.78, 5) is 16.2. The van der Waals surface area contributed by atoms with Gasteiger partial charge in [0.25, 0.3) is 0 Å². The first-order valence-electron chi connectivity index (χ1n) is 15.2. The van der Waals surface area contributed by atoms with E-state index in [0.717, 1.165) is 28.5 Å². The van der Waals surface area contributed by atoms with Gasteiger partial charge in [-0.25, -0.2) is 0 Å². The van der Waals surface area contributed by atoms with Crippen LogP contribution in [-0.4, -0.2) is 40.7 Å². The second-order valence-electron chi connectivity index (χ2n) is 12.3. The number of para-hydroxylation sites is 2. The van der Waals surface area contributed by atoms with Gasteiger partial charge in [-0.05, 0) is 47.6 Å². The first-order valence-corrected chi connectivity index (χ1v) is 15.2. The number of rotatable bonds is 6. The molecule has 1 saturated carbocycles. The van der Waals surface area contributed by atoms with E-state index in [0.29, 0.717) is 31.7 Å². The number of aryl methyl sites for hydroxylation is 1. The van der Waals surface area contributed by atoms with Crippen LogP contribution in [0, 0.1) is 11.8 Å². The molecule has 43 heavy (non-hydrogen) atoms. The molecule has 3 atom stereocenters. The quantitative estimate of drug-likeness (QED) is 0.255. The van der Waals surface area contributed by atoms with Crippen molar-refractivity contribution in [3.05, 3.63) is 138 Å².